The Morgan fingerprint density at radius 3 is 2.42 bits per heavy atom. The van der Waals surface area contributed by atoms with Gasteiger partial charge in [0.1, 0.15) is 23.0 Å². The van der Waals surface area contributed by atoms with E-state index in [1.54, 1.807) is 26.8 Å². The number of anilines is 1. The Morgan fingerprint density at radius 2 is 1.66 bits per heavy atom. The van der Waals surface area contributed by atoms with E-state index >= 15 is 0 Å². The number of aryl methyl sites for hydroxylation is 2. The van der Waals surface area contributed by atoms with E-state index in [4.69, 9.17) is 9.26 Å². The Morgan fingerprint density at radius 1 is 0.921 bits per heavy atom. The Bertz CT molecular complexity index is 1640. The molecular formula is C30H24F3N3O2. The maximum Gasteiger partial charge on any atom is 0.416 e. The fraction of sp³-hybridized carbons (Fsp3) is 0.133. The summed E-state index contributed by atoms with van der Waals surface area (Å²) in [7, 11) is 0. The molecule has 0 spiro atoms. The molecule has 0 radical (unpaired) electrons. The van der Waals surface area contributed by atoms with Crippen LogP contribution in [0.5, 0.6) is 11.5 Å². The third kappa shape index (κ3) is 5.11. The third-order valence-electron chi connectivity index (χ3n) is 6.08. The van der Waals surface area contributed by atoms with Crippen LogP contribution in [0.3, 0.4) is 0 Å². The van der Waals surface area contributed by atoms with Crippen LogP contribution in [-0.2, 0) is 6.18 Å². The van der Waals surface area contributed by atoms with Gasteiger partial charge in [-0.25, -0.2) is 0 Å². The Balaban J connectivity index is 1.59. The number of ether oxygens (including phenoxy) is 1. The van der Waals surface area contributed by atoms with Crippen LogP contribution >= 0.6 is 0 Å². The summed E-state index contributed by atoms with van der Waals surface area (Å²) >= 11 is 0. The Labute approximate surface area is 217 Å². The molecule has 0 fully saturated rings. The molecule has 0 saturated heterocycles. The van der Waals surface area contributed by atoms with Crippen LogP contribution in [0.2, 0.25) is 0 Å². The number of aromatic nitrogens is 1. The van der Waals surface area contributed by atoms with E-state index in [0.29, 0.717) is 39.8 Å². The highest BCUT2D eigenvalue weighted by Crippen LogP contribution is 2.41. The van der Waals surface area contributed by atoms with Crippen molar-refractivity contribution in [3.63, 3.8) is 0 Å². The minimum Gasteiger partial charge on any atom is -0.457 e. The number of hydrogen-bond acceptors (Lipinski definition) is 5. The van der Waals surface area contributed by atoms with Gasteiger partial charge in [0, 0.05) is 0 Å². The van der Waals surface area contributed by atoms with Gasteiger partial charge in [0.05, 0.1) is 28.1 Å². The summed E-state index contributed by atoms with van der Waals surface area (Å²) in [5, 5.41) is 10.7. The minimum atomic E-state index is -4.46. The zero-order chi connectivity index (χ0) is 26.9. The first-order valence-electron chi connectivity index (χ1n) is 11.9. The van der Waals surface area contributed by atoms with Crippen LogP contribution in [0.15, 0.2) is 94.6 Å². The molecule has 5 nitrogen and oxygen atoms in total. The van der Waals surface area contributed by atoms with Crippen molar-refractivity contribution in [3.05, 3.63) is 107 Å². The second-order valence-corrected chi connectivity index (χ2v) is 8.93. The van der Waals surface area contributed by atoms with Crippen molar-refractivity contribution in [2.45, 2.75) is 26.9 Å². The second-order valence-electron chi connectivity index (χ2n) is 8.93. The number of hydrazone groups is 1. The molecule has 4 aromatic carbocycles. The SMILES string of the molecule is C/C(=N\Nc1cc(C)cc(C(F)(F)F)c1)c1c(-c2c(Oc3ccccc3)ccc3ccccc23)noc1C. The molecule has 0 amide bonds. The first-order chi connectivity index (χ1) is 18.2. The van der Waals surface area contributed by atoms with Crippen molar-refractivity contribution in [1.82, 2.24) is 5.16 Å². The normalized spacial score (nSPS) is 12.1. The highest BCUT2D eigenvalue weighted by atomic mass is 19.4. The van der Waals surface area contributed by atoms with Crippen molar-refractivity contribution in [2.75, 3.05) is 5.43 Å². The Kier molecular flexibility index (Phi) is 6.63. The lowest BCUT2D eigenvalue weighted by molar-refractivity contribution is -0.137. The van der Waals surface area contributed by atoms with Gasteiger partial charge in [0.15, 0.2) is 0 Å². The summed E-state index contributed by atoms with van der Waals surface area (Å²) in [6.07, 6.45) is -4.46. The van der Waals surface area contributed by atoms with Crippen LogP contribution < -0.4 is 10.2 Å². The van der Waals surface area contributed by atoms with Crippen LogP contribution in [-0.4, -0.2) is 10.9 Å². The molecule has 0 aliphatic heterocycles. The highest BCUT2D eigenvalue weighted by molar-refractivity contribution is 6.09. The van der Waals surface area contributed by atoms with E-state index in [9.17, 15) is 13.2 Å². The van der Waals surface area contributed by atoms with E-state index < -0.39 is 11.7 Å². The van der Waals surface area contributed by atoms with Gasteiger partial charge in [-0.3, -0.25) is 5.43 Å². The van der Waals surface area contributed by atoms with E-state index in [2.05, 4.69) is 15.7 Å². The van der Waals surface area contributed by atoms with Crippen LogP contribution in [0.1, 0.15) is 29.4 Å². The van der Waals surface area contributed by atoms with Gasteiger partial charge < -0.3 is 9.26 Å². The number of rotatable bonds is 6. The molecule has 5 rings (SSSR count). The average Bonchev–Trinajstić information content (AvgIpc) is 3.27. The molecule has 5 aromatic rings. The summed E-state index contributed by atoms with van der Waals surface area (Å²) in [6.45, 7) is 5.12. The first kappa shape index (κ1) is 25.1. The van der Waals surface area contributed by atoms with Crippen molar-refractivity contribution >= 4 is 22.2 Å². The number of hydrogen-bond donors (Lipinski definition) is 1. The summed E-state index contributed by atoms with van der Waals surface area (Å²) < 4.78 is 51.7. The largest absolute Gasteiger partial charge is 0.457 e. The summed E-state index contributed by atoms with van der Waals surface area (Å²) in [4.78, 5) is 0. The van der Waals surface area contributed by atoms with Gasteiger partial charge in [-0.1, -0.05) is 53.7 Å². The lowest BCUT2D eigenvalue weighted by atomic mass is 9.96. The molecule has 192 valence electrons. The monoisotopic (exact) mass is 515 g/mol. The van der Waals surface area contributed by atoms with Gasteiger partial charge in [0.2, 0.25) is 0 Å². The zero-order valence-electron chi connectivity index (χ0n) is 20.9. The van der Waals surface area contributed by atoms with Crippen molar-refractivity contribution in [1.29, 1.82) is 0 Å². The van der Waals surface area contributed by atoms with Gasteiger partial charge in [0.25, 0.3) is 0 Å². The molecule has 0 aliphatic carbocycles. The molecule has 1 N–H and O–H groups in total. The molecule has 1 heterocycles. The molecule has 1 aromatic heterocycles. The van der Waals surface area contributed by atoms with Gasteiger partial charge in [-0.2, -0.15) is 18.3 Å². The standard InChI is InChI=1S/C30H24F3N3O2/c1-18-15-22(30(31,32)33)17-23(16-18)35-34-19(2)27-20(3)38-36-29(27)28-25-12-8-7-9-21(25)13-14-26(28)37-24-10-5-4-6-11-24/h4-17,35H,1-3H3/b34-19+. The topological polar surface area (TPSA) is 59.7 Å². The maximum atomic E-state index is 13.3. The van der Waals surface area contributed by atoms with Gasteiger partial charge in [-0.05, 0) is 73.5 Å². The van der Waals surface area contributed by atoms with E-state index in [1.807, 2.05) is 66.7 Å². The molecule has 0 unspecified atom stereocenters. The van der Waals surface area contributed by atoms with Crippen LogP contribution in [0.4, 0.5) is 18.9 Å². The lowest BCUT2D eigenvalue weighted by Gasteiger charge is -2.14. The molecule has 0 aliphatic rings. The molecule has 8 heteroatoms. The van der Waals surface area contributed by atoms with Gasteiger partial charge in [-0.15, -0.1) is 0 Å². The lowest BCUT2D eigenvalue weighted by Crippen LogP contribution is -2.07. The fourth-order valence-corrected chi connectivity index (χ4v) is 4.38. The molecule has 38 heavy (non-hydrogen) atoms. The van der Waals surface area contributed by atoms with E-state index in [0.717, 1.165) is 28.5 Å². The molecule has 0 bridgehead atoms. The number of fused-ring (bicyclic) bond motifs is 1. The van der Waals surface area contributed by atoms with Crippen LogP contribution in [0, 0.1) is 13.8 Å². The average molecular weight is 516 g/mol. The number of halogens is 3. The van der Waals surface area contributed by atoms with Gasteiger partial charge >= 0.3 is 6.18 Å². The molecular weight excluding hydrogens is 491 g/mol. The number of benzene rings is 4. The summed E-state index contributed by atoms with van der Waals surface area (Å²) in [5.41, 5.74) is 5.08. The zero-order valence-corrected chi connectivity index (χ0v) is 20.9. The van der Waals surface area contributed by atoms with E-state index in [1.165, 1.54) is 0 Å². The summed E-state index contributed by atoms with van der Waals surface area (Å²) in [6, 6.07) is 24.9. The quantitative estimate of drug-likeness (QED) is 0.181. The highest BCUT2D eigenvalue weighted by Gasteiger charge is 2.31. The maximum absolute atomic E-state index is 13.3. The molecule has 0 atom stereocenters. The number of nitrogens with zero attached hydrogens (tertiary/aromatic N) is 2. The first-order valence-corrected chi connectivity index (χ1v) is 11.9. The third-order valence-corrected chi connectivity index (χ3v) is 6.08. The Hall–Kier alpha value is -4.59. The van der Waals surface area contributed by atoms with Crippen molar-refractivity contribution < 1.29 is 22.4 Å². The molecule has 0 saturated carbocycles. The predicted octanol–water partition coefficient (Wildman–Crippen LogP) is 8.76. The van der Waals surface area contributed by atoms with Crippen molar-refractivity contribution in [2.24, 2.45) is 5.10 Å². The smallest absolute Gasteiger partial charge is 0.416 e. The number of nitrogens with one attached hydrogen (secondary N) is 1. The van der Waals surface area contributed by atoms with Crippen LogP contribution in [0.25, 0.3) is 22.0 Å². The number of alkyl halides is 3. The number of para-hydroxylation sites is 1. The second kappa shape index (κ2) is 10.0. The van der Waals surface area contributed by atoms with Crippen molar-refractivity contribution in [3.8, 4) is 22.8 Å². The summed E-state index contributed by atoms with van der Waals surface area (Å²) in [5.74, 6) is 1.76. The van der Waals surface area contributed by atoms with E-state index in [-0.39, 0.29) is 5.69 Å². The predicted molar refractivity (Wildman–Crippen MR) is 143 cm³/mol. The fourth-order valence-electron chi connectivity index (χ4n) is 4.38. The minimum absolute atomic E-state index is 0.227.